The van der Waals surface area contributed by atoms with Gasteiger partial charge in [-0.2, -0.15) is 0 Å². The van der Waals surface area contributed by atoms with Crippen molar-refractivity contribution in [3.05, 3.63) is 52.7 Å². The summed E-state index contributed by atoms with van der Waals surface area (Å²) in [7, 11) is 0. The molecule has 0 saturated carbocycles. The molecule has 4 nitrogen and oxygen atoms in total. The van der Waals surface area contributed by atoms with Gasteiger partial charge in [-0.1, -0.05) is 44.2 Å². The molecule has 0 atom stereocenters. The zero-order chi connectivity index (χ0) is 18.7. The van der Waals surface area contributed by atoms with Crippen molar-refractivity contribution in [3.8, 4) is 16.9 Å². The van der Waals surface area contributed by atoms with Gasteiger partial charge in [0.15, 0.2) is 0 Å². The molecule has 0 aliphatic heterocycles. The van der Waals surface area contributed by atoms with E-state index < -0.39 is 0 Å². The van der Waals surface area contributed by atoms with Crippen LogP contribution >= 0.6 is 15.9 Å². The molecule has 0 unspecified atom stereocenters. The zero-order valence-electron chi connectivity index (χ0n) is 15.2. The van der Waals surface area contributed by atoms with E-state index >= 15 is 0 Å². The van der Waals surface area contributed by atoms with Gasteiger partial charge in [-0.3, -0.25) is 9.69 Å². The Morgan fingerprint density at radius 3 is 2.46 bits per heavy atom. The Kier molecular flexibility index (Phi) is 5.79. The van der Waals surface area contributed by atoms with Crippen molar-refractivity contribution in [1.82, 2.24) is 4.90 Å². The lowest BCUT2D eigenvalue weighted by Gasteiger charge is -2.17. The second kappa shape index (κ2) is 8.06. The molecule has 2 aromatic carbocycles. The SMILES string of the molecule is CCN(CC)Cc1oc2cc(Br)c(OC(C)=O)cc2c1-c1ccccc1. The standard InChI is InChI=1S/C21H22BrNO3/c1-4-23(5-2)13-20-21(15-9-7-6-8-10-15)16-11-19(25-14(3)24)17(22)12-18(16)26-20/h6-12H,4-5,13H2,1-3H3. The number of esters is 1. The Bertz CT molecular complexity index is 914. The van der Waals surface area contributed by atoms with Crippen LogP contribution in [0.1, 0.15) is 26.5 Å². The summed E-state index contributed by atoms with van der Waals surface area (Å²) in [6, 6.07) is 13.9. The van der Waals surface area contributed by atoms with E-state index in [4.69, 9.17) is 9.15 Å². The maximum atomic E-state index is 11.4. The van der Waals surface area contributed by atoms with Crippen LogP contribution in [0.3, 0.4) is 0 Å². The largest absolute Gasteiger partial charge is 0.459 e. The number of carbonyl (C=O) groups is 1. The van der Waals surface area contributed by atoms with Crippen LogP contribution < -0.4 is 4.74 Å². The van der Waals surface area contributed by atoms with Gasteiger partial charge in [0, 0.05) is 17.9 Å². The van der Waals surface area contributed by atoms with Crippen molar-refractivity contribution in [1.29, 1.82) is 0 Å². The van der Waals surface area contributed by atoms with E-state index in [0.717, 1.165) is 47.5 Å². The molecule has 3 rings (SSSR count). The third-order valence-electron chi connectivity index (χ3n) is 4.39. The number of benzene rings is 2. The van der Waals surface area contributed by atoms with Gasteiger partial charge in [-0.25, -0.2) is 0 Å². The van der Waals surface area contributed by atoms with E-state index in [1.807, 2.05) is 30.3 Å². The van der Waals surface area contributed by atoms with Gasteiger partial charge < -0.3 is 9.15 Å². The molecule has 0 N–H and O–H groups in total. The van der Waals surface area contributed by atoms with Crippen molar-refractivity contribution in [2.75, 3.05) is 13.1 Å². The van der Waals surface area contributed by atoms with Gasteiger partial charge in [-0.05, 0) is 46.7 Å². The summed E-state index contributed by atoms with van der Waals surface area (Å²) in [5.41, 5.74) is 2.91. The number of hydrogen-bond donors (Lipinski definition) is 0. The van der Waals surface area contributed by atoms with Gasteiger partial charge in [0.25, 0.3) is 0 Å². The van der Waals surface area contributed by atoms with Crippen LogP contribution in [0.25, 0.3) is 22.1 Å². The molecule has 0 saturated heterocycles. The minimum absolute atomic E-state index is 0.349. The topological polar surface area (TPSA) is 42.7 Å². The van der Waals surface area contributed by atoms with E-state index in [2.05, 4.69) is 46.8 Å². The van der Waals surface area contributed by atoms with Gasteiger partial charge >= 0.3 is 5.97 Å². The lowest BCUT2D eigenvalue weighted by atomic mass is 10.0. The summed E-state index contributed by atoms with van der Waals surface area (Å²) in [5, 5.41) is 0.942. The first-order valence-corrected chi connectivity index (χ1v) is 9.53. The van der Waals surface area contributed by atoms with Gasteiger partial charge in [0.2, 0.25) is 0 Å². The third kappa shape index (κ3) is 3.84. The van der Waals surface area contributed by atoms with Gasteiger partial charge in [0.1, 0.15) is 17.1 Å². The second-order valence-corrected chi connectivity index (χ2v) is 6.95. The van der Waals surface area contributed by atoms with Crippen molar-refractivity contribution in [3.63, 3.8) is 0 Å². The third-order valence-corrected chi connectivity index (χ3v) is 5.01. The van der Waals surface area contributed by atoms with E-state index in [0.29, 0.717) is 10.2 Å². The molecule has 1 aromatic heterocycles. The number of furan rings is 1. The van der Waals surface area contributed by atoms with Crippen LogP contribution in [0.2, 0.25) is 0 Å². The van der Waals surface area contributed by atoms with Crippen molar-refractivity contribution < 1.29 is 13.9 Å². The average Bonchev–Trinajstić information content (AvgIpc) is 2.97. The first kappa shape index (κ1) is 18.7. The number of carbonyl (C=O) groups excluding carboxylic acids is 1. The van der Waals surface area contributed by atoms with Crippen LogP contribution in [0.4, 0.5) is 0 Å². The molecular formula is C21H22BrNO3. The molecule has 26 heavy (non-hydrogen) atoms. The molecule has 1 heterocycles. The molecule has 0 bridgehead atoms. The molecule has 5 heteroatoms. The van der Waals surface area contributed by atoms with Crippen LogP contribution in [0, 0.1) is 0 Å². The number of ether oxygens (including phenoxy) is 1. The van der Waals surface area contributed by atoms with Crippen molar-refractivity contribution >= 4 is 32.9 Å². The van der Waals surface area contributed by atoms with E-state index in [1.54, 1.807) is 0 Å². The van der Waals surface area contributed by atoms with E-state index in [9.17, 15) is 4.79 Å². The zero-order valence-corrected chi connectivity index (χ0v) is 16.8. The Morgan fingerprint density at radius 1 is 1.15 bits per heavy atom. The van der Waals surface area contributed by atoms with Crippen molar-refractivity contribution in [2.45, 2.75) is 27.3 Å². The van der Waals surface area contributed by atoms with Crippen LogP contribution in [0.5, 0.6) is 5.75 Å². The number of nitrogens with zero attached hydrogens (tertiary/aromatic N) is 1. The fraction of sp³-hybridized carbons (Fsp3) is 0.286. The summed E-state index contributed by atoms with van der Waals surface area (Å²) < 4.78 is 12.3. The maximum Gasteiger partial charge on any atom is 0.308 e. The Balaban J connectivity index is 2.21. The van der Waals surface area contributed by atoms with Gasteiger partial charge in [0.05, 0.1) is 11.0 Å². The Hall–Kier alpha value is -2.11. The Labute approximate surface area is 161 Å². The lowest BCUT2D eigenvalue weighted by molar-refractivity contribution is -0.131. The number of hydrogen-bond acceptors (Lipinski definition) is 4. The highest BCUT2D eigenvalue weighted by Gasteiger charge is 2.20. The smallest absolute Gasteiger partial charge is 0.308 e. The average molecular weight is 416 g/mol. The number of rotatable bonds is 6. The first-order chi connectivity index (χ1) is 12.5. The molecule has 0 aliphatic carbocycles. The molecule has 3 aromatic rings. The van der Waals surface area contributed by atoms with Crippen LogP contribution in [-0.2, 0) is 11.3 Å². The molecule has 0 spiro atoms. The minimum atomic E-state index is -0.349. The van der Waals surface area contributed by atoms with Crippen molar-refractivity contribution in [2.24, 2.45) is 0 Å². The summed E-state index contributed by atoms with van der Waals surface area (Å²) in [6.45, 7) is 8.31. The predicted molar refractivity (Wildman–Crippen MR) is 107 cm³/mol. The predicted octanol–water partition coefficient (Wildman–Crippen LogP) is 5.63. The van der Waals surface area contributed by atoms with Crippen LogP contribution in [-0.4, -0.2) is 24.0 Å². The highest BCUT2D eigenvalue weighted by Crippen LogP contribution is 2.40. The quantitative estimate of drug-likeness (QED) is 0.386. The summed E-state index contributed by atoms with van der Waals surface area (Å²) in [5.74, 6) is 1.07. The normalized spacial score (nSPS) is 11.3. The Morgan fingerprint density at radius 2 is 1.85 bits per heavy atom. The summed E-state index contributed by atoms with van der Waals surface area (Å²) >= 11 is 3.47. The second-order valence-electron chi connectivity index (χ2n) is 6.10. The minimum Gasteiger partial charge on any atom is -0.459 e. The monoisotopic (exact) mass is 415 g/mol. The maximum absolute atomic E-state index is 11.4. The molecular weight excluding hydrogens is 394 g/mol. The molecule has 0 amide bonds. The summed E-state index contributed by atoms with van der Waals surface area (Å²) in [6.07, 6.45) is 0. The number of halogens is 1. The summed E-state index contributed by atoms with van der Waals surface area (Å²) in [4.78, 5) is 13.7. The molecule has 0 fully saturated rings. The number of fused-ring (bicyclic) bond motifs is 1. The first-order valence-electron chi connectivity index (χ1n) is 8.74. The molecule has 0 aliphatic rings. The van der Waals surface area contributed by atoms with Gasteiger partial charge in [-0.15, -0.1) is 0 Å². The molecule has 0 radical (unpaired) electrons. The highest BCUT2D eigenvalue weighted by atomic mass is 79.9. The fourth-order valence-electron chi connectivity index (χ4n) is 3.06. The highest BCUT2D eigenvalue weighted by molar-refractivity contribution is 9.10. The van der Waals surface area contributed by atoms with Crippen LogP contribution in [0.15, 0.2) is 51.4 Å². The lowest BCUT2D eigenvalue weighted by Crippen LogP contribution is -2.22. The molecule has 136 valence electrons. The fourth-order valence-corrected chi connectivity index (χ4v) is 3.47. The van der Waals surface area contributed by atoms with E-state index in [1.165, 1.54) is 6.92 Å². The van der Waals surface area contributed by atoms with E-state index in [-0.39, 0.29) is 5.97 Å².